The van der Waals surface area contributed by atoms with Gasteiger partial charge in [-0.3, -0.25) is 14.9 Å². The molecule has 0 radical (unpaired) electrons. The van der Waals surface area contributed by atoms with Crippen LogP contribution in [0.3, 0.4) is 0 Å². The highest BCUT2D eigenvalue weighted by molar-refractivity contribution is 5.86. The second-order valence-corrected chi connectivity index (χ2v) is 5.78. The zero-order chi connectivity index (χ0) is 19.1. The topological polar surface area (TPSA) is 117 Å². The van der Waals surface area contributed by atoms with Crippen LogP contribution in [-0.2, 0) is 4.79 Å². The van der Waals surface area contributed by atoms with Gasteiger partial charge < -0.3 is 9.84 Å². The van der Waals surface area contributed by atoms with E-state index in [0.29, 0.717) is 11.7 Å². The first-order valence-electron chi connectivity index (χ1n) is 7.87. The summed E-state index contributed by atoms with van der Waals surface area (Å²) >= 11 is 0. The Morgan fingerprint density at radius 3 is 2.58 bits per heavy atom. The summed E-state index contributed by atoms with van der Waals surface area (Å²) in [4.78, 5) is 21.8. The van der Waals surface area contributed by atoms with Gasteiger partial charge in [-0.15, -0.1) is 0 Å². The highest BCUT2D eigenvalue weighted by Gasteiger charge is 2.06. The molecule has 0 bridgehead atoms. The molecule has 8 heteroatoms. The van der Waals surface area contributed by atoms with Gasteiger partial charge in [-0.1, -0.05) is 37.8 Å². The average Bonchev–Trinajstić information content (AvgIpc) is 2.61. The number of nitro groups is 1. The van der Waals surface area contributed by atoms with Gasteiger partial charge in [-0.25, -0.2) is 5.43 Å². The van der Waals surface area contributed by atoms with E-state index >= 15 is 0 Å². The van der Waals surface area contributed by atoms with Crippen molar-refractivity contribution in [2.24, 2.45) is 5.10 Å². The van der Waals surface area contributed by atoms with E-state index in [0.717, 1.165) is 30.0 Å². The fraction of sp³-hybridized carbons (Fsp3) is 0.222. The van der Waals surface area contributed by atoms with Crippen LogP contribution < -0.4 is 15.3 Å². The van der Waals surface area contributed by atoms with E-state index in [4.69, 9.17) is 4.74 Å². The standard InChI is InChI=1S/C18H19N3O5/c1-12(2)13-3-6-16(7-4-13)26-11-18(23)20-19-10-14-9-15(21(24)25)5-8-17(14)22/h3-10,12,22H,11H2,1-2H3,(H,20,23)/p-1. The lowest BCUT2D eigenvalue weighted by molar-refractivity contribution is -0.385. The largest absolute Gasteiger partial charge is 0.872 e. The summed E-state index contributed by atoms with van der Waals surface area (Å²) in [6.45, 7) is 3.91. The van der Waals surface area contributed by atoms with Crippen LogP contribution in [0.2, 0.25) is 0 Å². The minimum absolute atomic E-state index is 0.00434. The number of nitrogens with one attached hydrogen (secondary N) is 1. The molecular formula is C18H18N3O5-. The summed E-state index contributed by atoms with van der Waals surface area (Å²) in [5, 5.41) is 25.9. The highest BCUT2D eigenvalue weighted by Crippen LogP contribution is 2.19. The van der Waals surface area contributed by atoms with Gasteiger partial charge in [-0.05, 0) is 29.2 Å². The lowest BCUT2D eigenvalue weighted by atomic mass is 10.0. The third-order valence-electron chi connectivity index (χ3n) is 3.51. The molecule has 0 unspecified atom stereocenters. The number of hydrogen-bond donors (Lipinski definition) is 1. The van der Waals surface area contributed by atoms with Crippen LogP contribution in [0, 0.1) is 10.1 Å². The molecule has 0 spiro atoms. The van der Waals surface area contributed by atoms with Crippen LogP contribution in [0.25, 0.3) is 0 Å². The van der Waals surface area contributed by atoms with Gasteiger partial charge in [0.15, 0.2) is 6.61 Å². The number of nitrogens with zero attached hydrogens (tertiary/aromatic N) is 2. The molecule has 2 rings (SSSR count). The van der Waals surface area contributed by atoms with Crippen molar-refractivity contribution < 1.29 is 19.6 Å². The number of non-ortho nitro benzene ring substituents is 1. The second kappa shape index (κ2) is 8.61. The van der Waals surface area contributed by atoms with Crippen LogP contribution in [-0.4, -0.2) is 23.7 Å². The first-order valence-corrected chi connectivity index (χ1v) is 7.87. The van der Waals surface area contributed by atoms with Gasteiger partial charge >= 0.3 is 0 Å². The fourth-order valence-electron chi connectivity index (χ4n) is 2.05. The van der Waals surface area contributed by atoms with Crippen molar-refractivity contribution in [2.75, 3.05) is 6.61 Å². The summed E-state index contributed by atoms with van der Waals surface area (Å²) in [7, 11) is 0. The molecule has 2 aromatic carbocycles. The van der Waals surface area contributed by atoms with Crippen molar-refractivity contribution in [3.8, 4) is 11.5 Å². The van der Waals surface area contributed by atoms with E-state index in [9.17, 15) is 20.0 Å². The minimum atomic E-state index is -0.617. The molecular weight excluding hydrogens is 338 g/mol. The molecule has 0 fully saturated rings. The maximum atomic E-state index is 11.7. The first kappa shape index (κ1) is 18.9. The Morgan fingerprint density at radius 2 is 1.96 bits per heavy atom. The first-order chi connectivity index (χ1) is 12.4. The molecule has 1 N–H and O–H groups in total. The summed E-state index contributed by atoms with van der Waals surface area (Å²) in [6.07, 6.45) is 1.06. The normalized spacial score (nSPS) is 10.9. The number of carbonyl (C=O) groups is 1. The lowest BCUT2D eigenvalue weighted by Crippen LogP contribution is -2.24. The number of benzene rings is 2. The third-order valence-corrected chi connectivity index (χ3v) is 3.51. The van der Waals surface area contributed by atoms with Crippen molar-refractivity contribution in [1.29, 1.82) is 0 Å². The van der Waals surface area contributed by atoms with Gasteiger partial charge in [0.25, 0.3) is 11.6 Å². The number of rotatable bonds is 7. The van der Waals surface area contributed by atoms with Crippen molar-refractivity contribution in [3.05, 3.63) is 63.7 Å². The van der Waals surface area contributed by atoms with E-state index < -0.39 is 16.6 Å². The predicted octanol–water partition coefficient (Wildman–Crippen LogP) is 2.32. The molecule has 26 heavy (non-hydrogen) atoms. The molecule has 0 aliphatic heterocycles. The fourth-order valence-corrected chi connectivity index (χ4v) is 2.05. The van der Waals surface area contributed by atoms with Gasteiger partial charge in [0.05, 0.1) is 11.1 Å². The quantitative estimate of drug-likeness (QED) is 0.464. The summed E-state index contributed by atoms with van der Waals surface area (Å²) in [5.41, 5.74) is 3.14. The van der Waals surface area contributed by atoms with Crippen LogP contribution in [0.15, 0.2) is 47.6 Å². The molecule has 0 atom stereocenters. The molecule has 0 aliphatic rings. The monoisotopic (exact) mass is 356 g/mol. The van der Waals surface area contributed by atoms with E-state index in [1.807, 2.05) is 12.1 Å². The van der Waals surface area contributed by atoms with Gasteiger partial charge in [-0.2, -0.15) is 5.10 Å². The SMILES string of the molecule is CC(C)c1ccc(OCC(=O)NN=Cc2cc([N+](=O)[O-])ccc2[O-])cc1. The van der Waals surface area contributed by atoms with E-state index in [-0.39, 0.29) is 17.9 Å². The Balaban J connectivity index is 1.87. The van der Waals surface area contributed by atoms with Crippen LogP contribution in [0.4, 0.5) is 5.69 Å². The molecule has 0 saturated carbocycles. The Bertz CT molecular complexity index is 816. The summed E-state index contributed by atoms with van der Waals surface area (Å²) in [5.74, 6) is -0.00221. The number of ether oxygens (including phenoxy) is 1. The van der Waals surface area contributed by atoms with E-state index in [2.05, 4.69) is 24.4 Å². The maximum absolute atomic E-state index is 11.7. The van der Waals surface area contributed by atoms with Crippen molar-refractivity contribution in [1.82, 2.24) is 5.43 Å². The Labute approximate surface area is 150 Å². The van der Waals surface area contributed by atoms with Gasteiger partial charge in [0, 0.05) is 12.1 Å². The summed E-state index contributed by atoms with van der Waals surface area (Å²) in [6, 6.07) is 10.7. The van der Waals surface area contributed by atoms with Crippen molar-refractivity contribution >= 4 is 17.8 Å². The lowest BCUT2D eigenvalue weighted by Gasteiger charge is -2.09. The minimum Gasteiger partial charge on any atom is -0.872 e. The molecule has 0 saturated heterocycles. The summed E-state index contributed by atoms with van der Waals surface area (Å²) < 4.78 is 5.34. The van der Waals surface area contributed by atoms with Gasteiger partial charge in [0.2, 0.25) is 0 Å². The maximum Gasteiger partial charge on any atom is 0.277 e. The molecule has 0 aliphatic carbocycles. The molecule has 0 aromatic heterocycles. The molecule has 2 aromatic rings. The molecule has 8 nitrogen and oxygen atoms in total. The van der Waals surface area contributed by atoms with Crippen LogP contribution in [0.5, 0.6) is 11.5 Å². The number of carbonyl (C=O) groups excluding carboxylic acids is 1. The number of amides is 1. The molecule has 136 valence electrons. The third kappa shape index (κ3) is 5.30. The van der Waals surface area contributed by atoms with E-state index in [1.165, 1.54) is 0 Å². The Hall–Kier alpha value is -3.42. The predicted molar refractivity (Wildman–Crippen MR) is 94.3 cm³/mol. The number of hydrazone groups is 1. The highest BCUT2D eigenvalue weighted by atomic mass is 16.6. The molecule has 1 amide bonds. The average molecular weight is 356 g/mol. The smallest absolute Gasteiger partial charge is 0.277 e. The van der Waals surface area contributed by atoms with E-state index in [1.54, 1.807) is 12.1 Å². The zero-order valence-electron chi connectivity index (χ0n) is 14.3. The van der Waals surface area contributed by atoms with Crippen molar-refractivity contribution in [3.63, 3.8) is 0 Å². The number of nitro benzene ring substituents is 1. The zero-order valence-corrected chi connectivity index (χ0v) is 14.3. The van der Waals surface area contributed by atoms with Crippen LogP contribution in [0.1, 0.15) is 30.9 Å². The Morgan fingerprint density at radius 1 is 1.27 bits per heavy atom. The van der Waals surface area contributed by atoms with Crippen molar-refractivity contribution in [2.45, 2.75) is 19.8 Å². The van der Waals surface area contributed by atoms with Gasteiger partial charge in [0.1, 0.15) is 5.75 Å². The molecule has 0 heterocycles. The van der Waals surface area contributed by atoms with Crippen LogP contribution >= 0.6 is 0 Å². The Kier molecular flexibility index (Phi) is 6.26. The second-order valence-electron chi connectivity index (χ2n) is 5.78. The number of hydrogen-bond acceptors (Lipinski definition) is 6.